The molecule has 0 atom stereocenters. The van der Waals surface area contributed by atoms with Gasteiger partial charge in [-0.1, -0.05) is 67.6 Å². The summed E-state index contributed by atoms with van der Waals surface area (Å²) in [6.07, 6.45) is 4.89. The van der Waals surface area contributed by atoms with Gasteiger partial charge in [0.15, 0.2) is 15.5 Å². The molecule has 3 heterocycles. The molecule has 8 heteroatoms. The van der Waals surface area contributed by atoms with Crippen LogP contribution in [0.15, 0.2) is 83.8 Å². The van der Waals surface area contributed by atoms with Crippen molar-refractivity contribution >= 4 is 26.8 Å². The normalized spacial score (nSPS) is 13.8. The second-order valence-corrected chi connectivity index (χ2v) is 15.3. The van der Waals surface area contributed by atoms with Gasteiger partial charge in [0.1, 0.15) is 17.1 Å². The van der Waals surface area contributed by atoms with Crippen LogP contribution in [0.25, 0.3) is 22.3 Å². The molecule has 0 aliphatic carbocycles. The molecule has 0 unspecified atom stereocenters. The van der Waals surface area contributed by atoms with Crippen LogP contribution in [0.4, 0.5) is 0 Å². The average Bonchev–Trinajstić information content (AvgIpc) is 3.72. The first-order valence-corrected chi connectivity index (χ1v) is 18.9. The number of fused-ring (bicyclic) bond motifs is 1. The number of nitrogens with zero attached hydrogens (tertiary/aromatic N) is 4. The topological polar surface area (TPSA) is 85.2 Å². The molecule has 0 spiro atoms. The third-order valence-electron chi connectivity index (χ3n) is 9.41. The summed E-state index contributed by atoms with van der Waals surface area (Å²) in [4.78, 5) is 25.1. The Hall–Kier alpha value is -4.14. The van der Waals surface area contributed by atoms with Crippen LogP contribution in [-0.2, 0) is 40.6 Å². The van der Waals surface area contributed by atoms with Crippen molar-refractivity contribution in [2.45, 2.75) is 83.7 Å². The highest BCUT2D eigenvalue weighted by Gasteiger charge is 2.22. The van der Waals surface area contributed by atoms with E-state index in [4.69, 9.17) is 9.97 Å². The molecule has 0 saturated carbocycles. The third kappa shape index (κ3) is 7.93. The highest BCUT2D eigenvalue weighted by molar-refractivity contribution is 7.91. The van der Waals surface area contributed by atoms with E-state index < -0.39 is 9.84 Å². The molecular formula is C40H46N4O3S. The summed E-state index contributed by atoms with van der Waals surface area (Å²) in [7, 11) is -3.62. The van der Waals surface area contributed by atoms with Crippen molar-refractivity contribution < 1.29 is 13.2 Å². The summed E-state index contributed by atoms with van der Waals surface area (Å²) in [6.45, 7) is 9.78. The molecular weight excluding hydrogens is 617 g/mol. The van der Waals surface area contributed by atoms with E-state index in [1.807, 2.05) is 55.5 Å². The molecule has 0 amide bonds. The fourth-order valence-electron chi connectivity index (χ4n) is 6.85. The minimum absolute atomic E-state index is 0.0556. The molecule has 1 aliphatic rings. The largest absolute Gasteiger partial charge is 0.308 e. The number of hydrogen-bond donors (Lipinski definition) is 0. The van der Waals surface area contributed by atoms with E-state index >= 15 is 0 Å². The average molecular weight is 663 g/mol. The molecule has 2 aromatic heterocycles. The predicted octanol–water partition coefficient (Wildman–Crippen LogP) is 7.68. The van der Waals surface area contributed by atoms with E-state index in [1.54, 1.807) is 6.07 Å². The van der Waals surface area contributed by atoms with E-state index in [1.165, 1.54) is 12.8 Å². The van der Waals surface area contributed by atoms with Crippen molar-refractivity contribution in [1.29, 1.82) is 0 Å². The van der Waals surface area contributed by atoms with Crippen molar-refractivity contribution in [3.8, 4) is 11.1 Å². The summed E-state index contributed by atoms with van der Waals surface area (Å²) < 4.78 is 29.9. The smallest absolute Gasteiger partial charge is 0.179 e. The maximum atomic E-state index is 13.8. The molecule has 3 aromatic carbocycles. The summed E-state index contributed by atoms with van der Waals surface area (Å²) in [5.41, 5.74) is 8.86. The maximum Gasteiger partial charge on any atom is 0.179 e. The number of aromatic nitrogens is 3. The second kappa shape index (κ2) is 15.0. The van der Waals surface area contributed by atoms with E-state index in [9.17, 15) is 13.2 Å². The number of rotatable bonds is 14. The van der Waals surface area contributed by atoms with Crippen LogP contribution in [0.3, 0.4) is 0 Å². The Morgan fingerprint density at radius 1 is 0.812 bits per heavy atom. The summed E-state index contributed by atoms with van der Waals surface area (Å²) in [5, 5.41) is 0. The minimum Gasteiger partial charge on any atom is -0.308 e. The Morgan fingerprint density at radius 2 is 1.54 bits per heavy atom. The van der Waals surface area contributed by atoms with Gasteiger partial charge in [-0.3, -0.25) is 9.69 Å². The molecule has 1 saturated heterocycles. The fourth-order valence-corrected chi connectivity index (χ4v) is 8.38. The Balaban J connectivity index is 1.22. The monoisotopic (exact) mass is 662 g/mol. The SMILES string of the molecule is CCc1nc2c(C)cc(C)nc2n1Cc1ccc(-c2cc(CN3CCCC3)ccc2S(=O)(=O)CCCC(=O)CCc2ccccc2)cc1. The molecule has 0 N–H and O–H groups in total. The second-order valence-electron chi connectivity index (χ2n) is 13.2. The quantitative estimate of drug-likeness (QED) is 0.121. The lowest BCUT2D eigenvalue weighted by atomic mass is 10.0. The van der Waals surface area contributed by atoms with Crippen LogP contribution in [0.5, 0.6) is 0 Å². The molecule has 6 rings (SSSR count). The van der Waals surface area contributed by atoms with Crippen LogP contribution < -0.4 is 0 Å². The number of imidazole rings is 1. The van der Waals surface area contributed by atoms with Gasteiger partial charge in [-0.15, -0.1) is 0 Å². The molecule has 0 radical (unpaired) electrons. The van der Waals surface area contributed by atoms with Gasteiger partial charge in [-0.05, 0) is 98.6 Å². The zero-order valence-corrected chi connectivity index (χ0v) is 29.2. The van der Waals surface area contributed by atoms with Crippen LogP contribution in [0, 0.1) is 13.8 Å². The number of carbonyl (C=O) groups excluding carboxylic acids is 1. The highest BCUT2D eigenvalue weighted by atomic mass is 32.2. The first-order valence-electron chi connectivity index (χ1n) is 17.3. The molecule has 5 aromatic rings. The van der Waals surface area contributed by atoms with Crippen molar-refractivity contribution in [3.63, 3.8) is 0 Å². The number of carbonyl (C=O) groups is 1. The third-order valence-corrected chi connectivity index (χ3v) is 11.3. The van der Waals surface area contributed by atoms with Gasteiger partial charge < -0.3 is 4.57 Å². The summed E-state index contributed by atoms with van der Waals surface area (Å²) >= 11 is 0. The van der Waals surface area contributed by atoms with E-state index in [0.29, 0.717) is 30.7 Å². The molecule has 7 nitrogen and oxygen atoms in total. The lowest BCUT2D eigenvalue weighted by Gasteiger charge is -2.18. The molecule has 48 heavy (non-hydrogen) atoms. The van der Waals surface area contributed by atoms with E-state index in [2.05, 4.69) is 47.6 Å². The van der Waals surface area contributed by atoms with Crippen LogP contribution in [0.1, 0.15) is 72.8 Å². The number of aryl methyl sites for hydroxylation is 4. The van der Waals surface area contributed by atoms with Crippen LogP contribution in [0.2, 0.25) is 0 Å². The first-order chi connectivity index (χ1) is 23.2. The first kappa shape index (κ1) is 33.7. The fraction of sp³-hybridized carbons (Fsp3) is 0.375. The van der Waals surface area contributed by atoms with Gasteiger partial charge in [-0.25, -0.2) is 18.4 Å². The zero-order chi connectivity index (χ0) is 33.7. The van der Waals surface area contributed by atoms with Gasteiger partial charge in [0.05, 0.1) is 17.2 Å². The van der Waals surface area contributed by atoms with Gasteiger partial charge in [0.2, 0.25) is 0 Å². The predicted molar refractivity (Wildman–Crippen MR) is 193 cm³/mol. The molecule has 0 bridgehead atoms. The molecule has 1 aliphatic heterocycles. The summed E-state index contributed by atoms with van der Waals surface area (Å²) in [6, 6.07) is 26.0. The minimum atomic E-state index is -3.62. The highest BCUT2D eigenvalue weighted by Crippen LogP contribution is 2.32. The lowest BCUT2D eigenvalue weighted by molar-refractivity contribution is -0.119. The maximum absolute atomic E-state index is 13.8. The Labute approximate surface area is 285 Å². The number of hydrogen-bond acceptors (Lipinski definition) is 6. The van der Waals surface area contributed by atoms with Gasteiger partial charge in [-0.2, -0.15) is 0 Å². The number of benzene rings is 3. The van der Waals surface area contributed by atoms with Gasteiger partial charge in [0, 0.05) is 37.1 Å². The number of pyridine rings is 1. The Morgan fingerprint density at radius 3 is 2.27 bits per heavy atom. The van der Waals surface area contributed by atoms with Gasteiger partial charge >= 0.3 is 0 Å². The zero-order valence-electron chi connectivity index (χ0n) is 28.4. The van der Waals surface area contributed by atoms with Crippen molar-refractivity contribution in [1.82, 2.24) is 19.4 Å². The van der Waals surface area contributed by atoms with Crippen molar-refractivity contribution in [2.75, 3.05) is 18.8 Å². The Kier molecular flexibility index (Phi) is 10.5. The Bertz CT molecular complexity index is 1990. The number of ketones is 1. The van der Waals surface area contributed by atoms with E-state index in [0.717, 1.165) is 82.1 Å². The van der Waals surface area contributed by atoms with Crippen molar-refractivity contribution in [2.24, 2.45) is 0 Å². The van der Waals surface area contributed by atoms with Crippen LogP contribution >= 0.6 is 0 Å². The molecule has 1 fully saturated rings. The number of sulfone groups is 1. The van der Waals surface area contributed by atoms with Crippen LogP contribution in [-0.4, -0.2) is 52.5 Å². The number of likely N-dealkylation sites (tertiary alicyclic amines) is 1. The van der Waals surface area contributed by atoms with Crippen molar-refractivity contribution in [3.05, 3.63) is 113 Å². The summed E-state index contributed by atoms with van der Waals surface area (Å²) in [5.74, 6) is 1.04. The van der Waals surface area contributed by atoms with Gasteiger partial charge in [0.25, 0.3) is 0 Å². The molecule has 250 valence electrons. The van der Waals surface area contributed by atoms with E-state index in [-0.39, 0.29) is 18.0 Å². The standard InChI is InChI=1S/C40H46N4O3S/c1-4-38-42-39-29(2)25-30(3)41-40(39)44(38)28-32-14-18-34(19-15-32)36-26-33(27-43-22-8-9-23-43)17-21-37(36)48(46,47)24-10-13-35(45)20-16-31-11-6-5-7-12-31/h5-7,11-12,14-15,17-19,21,25-26H,4,8-10,13,16,20,22-24,27-28H2,1-3H3. The number of Topliss-reactive ketones (excluding diaryl/α,β-unsaturated/α-hetero) is 1. The lowest BCUT2D eigenvalue weighted by Crippen LogP contribution is -2.18.